The minimum atomic E-state index is -2.89. The molecule has 0 bridgehead atoms. The second kappa shape index (κ2) is 4.47. The zero-order chi connectivity index (χ0) is 11.6. The lowest BCUT2D eigenvalue weighted by atomic mass is 10.4. The summed E-state index contributed by atoms with van der Waals surface area (Å²) in [6, 6.07) is 5.84. The van der Waals surface area contributed by atoms with Crippen LogP contribution in [-0.2, 0) is 9.84 Å². The van der Waals surface area contributed by atoms with Crippen molar-refractivity contribution in [2.24, 2.45) is 0 Å². The van der Waals surface area contributed by atoms with Crippen LogP contribution in [0.15, 0.2) is 35.7 Å². The fourth-order valence-corrected chi connectivity index (χ4v) is 3.47. The average Bonchev–Trinajstić information content (AvgIpc) is 2.60. The highest BCUT2D eigenvalue weighted by atomic mass is 32.2. The van der Waals surface area contributed by atoms with Crippen LogP contribution in [0.4, 0.5) is 0 Å². The Morgan fingerprint density at radius 2 is 2.25 bits per heavy atom. The summed E-state index contributed by atoms with van der Waals surface area (Å²) >= 11 is 1.46. The molecule has 0 saturated carbocycles. The first-order valence-electron chi connectivity index (χ1n) is 4.79. The Morgan fingerprint density at radius 3 is 3.00 bits per heavy atom. The molecular weight excluding hydrogens is 244 g/mol. The van der Waals surface area contributed by atoms with Gasteiger partial charge in [-0.3, -0.25) is 4.40 Å². The van der Waals surface area contributed by atoms with E-state index in [1.54, 1.807) is 6.20 Å². The van der Waals surface area contributed by atoms with E-state index in [1.165, 1.54) is 18.0 Å². The van der Waals surface area contributed by atoms with Crippen LogP contribution in [0, 0.1) is 0 Å². The predicted octanol–water partition coefficient (Wildman–Crippen LogP) is 1.47. The highest BCUT2D eigenvalue weighted by molar-refractivity contribution is 8.00. The lowest BCUT2D eigenvalue weighted by Gasteiger charge is -2.00. The van der Waals surface area contributed by atoms with Crippen molar-refractivity contribution in [2.45, 2.75) is 5.16 Å². The summed E-state index contributed by atoms with van der Waals surface area (Å²) in [5.74, 6) is 0.715. The van der Waals surface area contributed by atoms with Gasteiger partial charge in [0.1, 0.15) is 9.84 Å². The molecule has 0 aromatic carbocycles. The number of sulfone groups is 1. The third kappa shape index (κ3) is 2.76. The molecule has 0 radical (unpaired) electrons. The maximum Gasteiger partial charge on any atom is 0.172 e. The van der Waals surface area contributed by atoms with Crippen molar-refractivity contribution in [3.05, 3.63) is 30.6 Å². The van der Waals surface area contributed by atoms with Crippen LogP contribution in [0.5, 0.6) is 0 Å². The lowest BCUT2D eigenvalue weighted by molar-refractivity contribution is 0.603. The fourth-order valence-electron chi connectivity index (χ4n) is 1.31. The summed E-state index contributed by atoms with van der Waals surface area (Å²) in [4.78, 5) is 4.25. The van der Waals surface area contributed by atoms with Crippen LogP contribution in [0.25, 0.3) is 5.52 Å². The van der Waals surface area contributed by atoms with Gasteiger partial charge in [-0.2, -0.15) is 0 Å². The molecule has 0 atom stereocenters. The minimum absolute atomic E-state index is 0.180. The van der Waals surface area contributed by atoms with Gasteiger partial charge in [0.15, 0.2) is 5.16 Å². The second-order valence-corrected chi connectivity index (χ2v) is 6.84. The summed E-state index contributed by atoms with van der Waals surface area (Å²) < 4.78 is 23.9. The standard InChI is InChI=1S/C10H12N2O2S2/c1-16(13,14)7-6-15-10-11-8-9-4-2-3-5-12(9)10/h2-5,8H,6-7H2,1H3. The van der Waals surface area contributed by atoms with Gasteiger partial charge in [-0.25, -0.2) is 13.4 Å². The van der Waals surface area contributed by atoms with Crippen LogP contribution >= 0.6 is 11.8 Å². The molecule has 0 N–H and O–H groups in total. The molecule has 0 amide bonds. The van der Waals surface area contributed by atoms with Gasteiger partial charge in [0, 0.05) is 18.2 Å². The average molecular weight is 256 g/mol. The van der Waals surface area contributed by atoms with E-state index in [0.717, 1.165) is 10.7 Å². The third-order valence-electron chi connectivity index (χ3n) is 2.09. The zero-order valence-corrected chi connectivity index (χ0v) is 10.5. The summed E-state index contributed by atoms with van der Waals surface area (Å²) in [5, 5.41) is 0.833. The topological polar surface area (TPSA) is 51.4 Å². The minimum Gasteiger partial charge on any atom is -0.295 e. The number of hydrogen-bond donors (Lipinski definition) is 0. The molecule has 0 aliphatic carbocycles. The Labute approximate surface area is 98.6 Å². The Morgan fingerprint density at radius 1 is 1.44 bits per heavy atom. The van der Waals surface area contributed by atoms with E-state index < -0.39 is 9.84 Å². The summed E-state index contributed by atoms with van der Waals surface area (Å²) in [6.45, 7) is 0. The molecule has 0 unspecified atom stereocenters. The molecule has 2 heterocycles. The molecule has 2 aromatic rings. The molecular formula is C10H12N2O2S2. The highest BCUT2D eigenvalue weighted by Gasteiger charge is 2.06. The smallest absolute Gasteiger partial charge is 0.172 e. The molecule has 2 aromatic heterocycles. The number of thioether (sulfide) groups is 1. The fraction of sp³-hybridized carbons (Fsp3) is 0.300. The number of pyridine rings is 1. The van der Waals surface area contributed by atoms with E-state index in [4.69, 9.17) is 0 Å². The number of rotatable bonds is 4. The number of hydrogen-bond acceptors (Lipinski definition) is 4. The quantitative estimate of drug-likeness (QED) is 0.777. The van der Waals surface area contributed by atoms with Crippen molar-refractivity contribution in [3.8, 4) is 0 Å². The van der Waals surface area contributed by atoms with Crippen molar-refractivity contribution in [2.75, 3.05) is 17.8 Å². The van der Waals surface area contributed by atoms with Gasteiger partial charge in [0.05, 0.1) is 17.5 Å². The summed E-state index contributed by atoms with van der Waals surface area (Å²) in [5.41, 5.74) is 1.02. The lowest BCUT2D eigenvalue weighted by Crippen LogP contribution is -2.05. The maximum absolute atomic E-state index is 11.0. The van der Waals surface area contributed by atoms with E-state index in [9.17, 15) is 8.42 Å². The Hall–Kier alpha value is -1.01. The number of nitrogens with zero attached hydrogens (tertiary/aromatic N) is 2. The number of imidazole rings is 1. The van der Waals surface area contributed by atoms with E-state index in [1.807, 2.05) is 28.8 Å². The Kier molecular flexibility index (Phi) is 3.20. The largest absolute Gasteiger partial charge is 0.295 e. The van der Waals surface area contributed by atoms with Crippen LogP contribution in [0.2, 0.25) is 0 Å². The first-order valence-corrected chi connectivity index (χ1v) is 7.83. The third-order valence-corrected chi connectivity index (χ3v) is 4.26. The van der Waals surface area contributed by atoms with Crippen LogP contribution in [-0.4, -0.2) is 35.6 Å². The van der Waals surface area contributed by atoms with E-state index in [2.05, 4.69) is 4.98 Å². The van der Waals surface area contributed by atoms with E-state index in [-0.39, 0.29) is 5.75 Å². The second-order valence-electron chi connectivity index (χ2n) is 3.51. The maximum atomic E-state index is 11.0. The van der Waals surface area contributed by atoms with Crippen molar-refractivity contribution in [1.82, 2.24) is 9.38 Å². The molecule has 4 nitrogen and oxygen atoms in total. The van der Waals surface area contributed by atoms with Crippen molar-refractivity contribution < 1.29 is 8.42 Å². The molecule has 86 valence electrons. The molecule has 6 heteroatoms. The van der Waals surface area contributed by atoms with Crippen LogP contribution < -0.4 is 0 Å². The van der Waals surface area contributed by atoms with Gasteiger partial charge < -0.3 is 0 Å². The molecule has 0 aliphatic heterocycles. The van der Waals surface area contributed by atoms with Crippen LogP contribution in [0.3, 0.4) is 0 Å². The van der Waals surface area contributed by atoms with Crippen LogP contribution in [0.1, 0.15) is 0 Å². The normalized spacial score (nSPS) is 12.1. The van der Waals surface area contributed by atoms with Gasteiger partial charge in [0.25, 0.3) is 0 Å². The highest BCUT2D eigenvalue weighted by Crippen LogP contribution is 2.18. The predicted molar refractivity (Wildman–Crippen MR) is 65.6 cm³/mol. The first-order chi connectivity index (χ1) is 7.56. The van der Waals surface area contributed by atoms with Crippen molar-refractivity contribution >= 4 is 27.1 Å². The summed E-state index contributed by atoms with van der Waals surface area (Å²) in [7, 11) is -2.89. The summed E-state index contributed by atoms with van der Waals surface area (Å²) in [6.07, 6.45) is 4.95. The van der Waals surface area contributed by atoms with E-state index in [0.29, 0.717) is 5.75 Å². The molecule has 0 aliphatic rings. The van der Waals surface area contributed by atoms with Crippen molar-refractivity contribution in [1.29, 1.82) is 0 Å². The molecule has 16 heavy (non-hydrogen) atoms. The van der Waals surface area contributed by atoms with Gasteiger partial charge in [-0.05, 0) is 12.1 Å². The Balaban J connectivity index is 2.10. The molecule has 0 fully saturated rings. The first kappa shape index (κ1) is 11.5. The van der Waals surface area contributed by atoms with Gasteiger partial charge in [-0.1, -0.05) is 17.8 Å². The molecule has 0 saturated heterocycles. The van der Waals surface area contributed by atoms with Gasteiger partial charge >= 0.3 is 0 Å². The SMILES string of the molecule is CS(=O)(=O)CCSc1ncc2ccccn12. The van der Waals surface area contributed by atoms with Gasteiger partial charge in [0.2, 0.25) is 0 Å². The van der Waals surface area contributed by atoms with Gasteiger partial charge in [-0.15, -0.1) is 0 Å². The van der Waals surface area contributed by atoms with Crippen molar-refractivity contribution in [3.63, 3.8) is 0 Å². The van der Waals surface area contributed by atoms with E-state index >= 15 is 0 Å². The number of aromatic nitrogens is 2. The Bertz CT molecular complexity index is 590. The molecule has 0 spiro atoms. The molecule has 2 rings (SSSR count). The number of fused-ring (bicyclic) bond motifs is 1. The zero-order valence-electron chi connectivity index (χ0n) is 8.83. The monoisotopic (exact) mass is 256 g/mol.